The van der Waals surface area contributed by atoms with E-state index in [-0.39, 0.29) is 30.3 Å². The fourth-order valence-corrected chi connectivity index (χ4v) is 2.17. The predicted molar refractivity (Wildman–Crippen MR) is 84.4 cm³/mol. The molecule has 0 fully saturated rings. The molecule has 6 nitrogen and oxygen atoms in total. The summed E-state index contributed by atoms with van der Waals surface area (Å²) in [5.74, 6) is -0.198. The minimum atomic E-state index is -0.460. The van der Waals surface area contributed by atoms with Crippen LogP contribution in [0.3, 0.4) is 0 Å². The summed E-state index contributed by atoms with van der Waals surface area (Å²) in [4.78, 5) is 28.0. The van der Waals surface area contributed by atoms with Gasteiger partial charge in [0.25, 0.3) is 5.56 Å². The van der Waals surface area contributed by atoms with Crippen LogP contribution in [0.25, 0.3) is 11.3 Å². The van der Waals surface area contributed by atoms with E-state index in [0.717, 1.165) is 4.57 Å². The van der Waals surface area contributed by atoms with Gasteiger partial charge in [-0.2, -0.15) is 0 Å². The molecule has 2 aromatic heterocycles. The van der Waals surface area contributed by atoms with E-state index in [2.05, 4.69) is 10.3 Å². The molecule has 0 spiro atoms. The van der Waals surface area contributed by atoms with E-state index in [1.165, 1.54) is 30.8 Å². The van der Waals surface area contributed by atoms with Crippen molar-refractivity contribution in [3.05, 3.63) is 77.0 Å². The molecule has 24 heavy (non-hydrogen) atoms. The lowest BCUT2D eigenvalue weighted by molar-refractivity contribution is -0.122. The third kappa shape index (κ3) is 3.57. The van der Waals surface area contributed by atoms with Gasteiger partial charge in [0.1, 0.15) is 18.1 Å². The van der Waals surface area contributed by atoms with E-state index in [4.69, 9.17) is 4.42 Å². The SMILES string of the molecule is O=C(Cn1cnc(-c2ccccc2F)cc1=O)NCc1ccco1. The number of carbonyl (C=O) groups is 1. The first kappa shape index (κ1) is 15.7. The molecule has 0 radical (unpaired) electrons. The monoisotopic (exact) mass is 327 g/mol. The van der Waals surface area contributed by atoms with Crippen LogP contribution in [-0.4, -0.2) is 15.5 Å². The topological polar surface area (TPSA) is 77.1 Å². The maximum atomic E-state index is 13.7. The Hall–Kier alpha value is -3.22. The van der Waals surface area contributed by atoms with Gasteiger partial charge in [-0.3, -0.25) is 14.2 Å². The van der Waals surface area contributed by atoms with Crippen molar-refractivity contribution in [1.82, 2.24) is 14.9 Å². The van der Waals surface area contributed by atoms with Crippen LogP contribution in [0.2, 0.25) is 0 Å². The Bertz CT molecular complexity index is 903. The smallest absolute Gasteiger partial charge is 0.254 e. The fraction of sp³-hybridized carbons (Fsp3) is 0.118. The van der Waals surface area contributed by atoms with E-state index < -0.39 is 11.4 Å². The van der Waals surface area contributed by atoms with Crippen LogP contribution in [0.1, 0.15) is 5.76 Å². The van der Waals surface area contributed by atoms with E-state index in [9.17, 15) is 14.0 Å². The van der Waals surface area contributed by atoms with Gasteiger partial charge in [-0.1, -0.05) is 12.1 Å². The summed E-state index contributed by atoms with van der Waals surface area (Å²) >= 11 is 0. The van der Waals surface area contributed by atoms with Crippen molar-refractivity contribution in [2.24, 2.45) is 0 Å². The molecular weight excluding hydrogens is 313 g/mol. The average molecular weight is 327 g/mol. The third-order valence-electron chi connectivity index (χ3n) is 3.38. The molecule has 0 atom stereocenters. The van der Waals surface area contributed by atoms with Crippen molar-refractivity contribution in [2.45, 2.75) is 13.1 Å². The summed E-state index contributed by atoms with van der Waals surface area (Å²) in [5, 5.41) is 2.64. The molecule has 3 rings (SSSR count). The van der Waals surface area contributed by atoms with E-state index in [1.807, 2.05) is 0 Å². The summed E-state index contributed by atoms with van der Waals surface area (Å²) in [7, 11) is 0. The average Bonchev–Trinajstić information content (AvgIpc) is 3.09. The lowest BCUT2D eigenvalue weighted by Crippen LogP contribution is -2.31. The molecule has 3 aromatic rings. The van der Waals surface area contributed by atoms with Crippen molar-refractivity contribution in [3.8, 4) is 11.3 Å². The number of hydrogen-bond acceptors (Lipinski definition) is 4. The summed E-state index contributed by atoms with van der Waals surface area (Å²) in [6, 6.07) is 10.7. The lowest BCUT2D eigenvalue weighted by Gasteiger charge is -2.07. The summed E-state index contributed by atoms with van der Waals surface area (Å²) < 4.78 is 20.0. The van der Waals surface area contributed by atoms with Crippen molar-refractivity contribution < 1.29 is 13.6 Å². The molecule has 0 unspecified atom stereocenters. The van der Waals surface area contributed by atoms with Crippen LogP contribution in [0.15, 0.2) is 64.3 Å². The molecule has 0 aliphatic heterocycles. The Labute approximate surface area is 136 Å². The van der Waals surface area contributed by atoms with Crippen molar-refractivity contribution >= 4 is 5.91 Å². The predicted octanol–water partition coefficient (Wildman–Crippen LogP) is 1.96. The normalized spacial score (nSPS) is 10.5. The van der Waals surface area contributed by atoms with Crippen molar-refractivity contribution in [1.29, 1.82) is 0 Å². The van der Waals surface area contributed by atoms with Gasteiger partial charge in [0.05, 0.1) is 24.8 Å². The molecule has 0 saturated carbocycles. The Kier molecular flexibility index (Phi) is 4.51. The number of carbonyl (C=O) groups excluding carboxylic acids is 1. The Morgan fingerprint density at radius 2 is 2.08 bits per heavy atom. The zero-order valence-corrected chi connectivity index (χ0v) is 12.6. The highest BCUT2D eigenvalue weighted by Gasteiger charge is 2.10. The number of nitrogens with one attached hydrogen (secondary N) is 1. The number of hydrogen-bond donors (Lipinski definition) is 1. The minimum absolute atomic E-state index is 0.176. The maximum absolute atomic E-state index is 13.7. The zero-order valence-electron chi connectivity index (χ0n) is 12.6. The highest BCUT2D eigenvalue weighted by Crippen LogP contribution is 2.18. The number of benzene rings is 1. The second-order valence-corrected chi connectivity index (χ2v) is 5.08. The van der Waals surface area contributed by atoms with Crippen molar-refractivity contribution in [2.75, 3.05) is 0 Å². The van der Waals surface area contributed by atoms with Crippen LogP contribution in [0.4, 0.5) is 4.39 Å². The highest BCUT2D eigenvalue weighted by atomic mass is 19.1. The highest BCUT2D eigenvalue weighted by molar-refractivity contribution is 5.75. The van der Waals surface area contributed by atoms with Gasteiger partial charge in [-0.25, -0.2) is 9.37 Å². The number of halogens is 1. The minimum Gasteiger partial charge on any atom is -0.467 e. The van der Waals surface area contributed by atoms with Crippen molar-refractivity contribution in [3.63, 3.8) is 0 Å². The first-order chi connectivity index (χ1) is 11.6. The molecule has 1 amide bonds. The molecule has 2 heterocycles. The molecule has 0 bridgehead atoms. The maximum Gasteiger partial charge on any atom is 0.254 e. The standard InChI is InChI=1S/C17H14FN3O3/c18-14-6-2-1-5-13(14)15-8-17(23)21(11-20-15)10-16(22)19-9-12-4-3-7-24-12/h1-8,11H,9-10H2,(H,19,22). The summed E-state index contributed by atoms with van der Waals surface area (Å²) in [5.41, 5.74) is 0.0331. The zero-order chi connectivity index (χ0) is 16.9. The molecule has 0 saturated heterocycles. The van der Waals surface area contributed by atoms with E-state index in [0.29, 0.717) is 5.76 Å². The van der Waals surface area contributed by atoms with Gasteiger partial charge in [0.2, 0.25) is 5.91 Å². The number of furan rings is 1. The van der Waals surface area contributed by atoms with Gasteiger partial charge < -0.3 is 9.73 Å². The Balaban J connectivity index is 1.70. The van der Waals surface area contributed by atoms with Gasteiger partial charge in [-0.15, -0.1) is 0 Å². The van der Waals surface area contributed by atoms with Gasteiger partial charge >= 0.3 is 0 Å². The summed E-state index contributed by atoms with van der Waals surface area (Å²) in [6.07, 6.45) is 2.74. The molecule has 1 N–H and O–H groups in total. The van der Waals surface area contributed by atoms with E-state index in [1.54, 1.807) is 24.3 Å². The molecule has 0 aliphatic carbocycles. The van der Waals surface area contributed by atoms with Crippen LogP contribution < -0.4 is 10.9 Å². The first-order valence-electron chi connectivity index (χ1n) is 7.24. The molecule has 1 aromatic carbocycles. The molecular formula is C17H14FN3O3. The number of aromatic nitrogens is 2. The largest absolute Gasteiger partial charge is 0.467 e. The quantitative estimate of drug-likeness (QED) is 0.777. The van der Waals surface area contributed by atoms with Crippen LogP contribution in [0.5, 0.6) is 0 Å². The van der Waals surface area contributed by atoms with Crippen LogP contribution >= 0.6 is 0 Å². The Morgan fingerprint density at radius 3 is 2.79 bits per heavy atom. The van der Waals surface area contributed by atoms with Crippen LogP contribution in [0, 0.1) is 5.82 Å². The molecule has 0 aliphatic rings. The second-order valence-electron chi connectivity index (χ2n) is 5.08. The van der Waals surface area contributed by atoms with Crippen LogP contribution in [-0.2, 0) is 17.9 Å². The number of rotatable bonds is 5. The van der Waals surface area contributed by atoms with Gasteiger partial charge in [0, 0.05) is 11.6 Å². The number of amides is 1. The first-order valence-corrected chi connectivity index (χ1v) is 7.24. The second kappa shape index (κ2) is 6.91. The third-order valence-corrected chi connectivity index (χ3v) is 3.38. The van der Waals surface area contributed by atoms with Gasteiger partial charge in [0.15, 0.2) is 0 Å². The lowest BCUT2D eigenvalue weighted by atomic mass is 10.1. The van der Waals surface area contributed by atoms with Gasteiger partial charge in [-0.05, 0) is 24.3 Å². The van der Waals surface area contributed by atoms with E-state index >= 15 is 0 Å². The molecule has 7 heteroatoms. The fourth-order valence-electron chi connectivity index (χ4n) is 2.17. The summed E-state index contributed by atoms with van der Waals surface area (Å²) in [6.45, 7) is 0.0609. The Morgan fingerprint density at radius 1 is 1.25 bits per heavy atom. The molecule has 122 valence electrons. The number of nitrogens with zero attached hydrogens (tertiary/aromatic N) is 2.